The van der Waals surface area contributed by atoms with Crippen molar-refractivity contribution >= 4 is 29.2 Å². The molecule has 0 atom stereocenters. The van der Waals surface area contributed by atoms with Gasteiger partial charge >= 0.3 is 5.97 Å². The Morgan fingerprint density at radius 2 is 1.86 bits per heavy atom. The van der Waals surface area contributed by atoms with Gasteiger partial charge in [0, 0.05) is 16.2 Å². The van der Waals surface area contributed by atoms with Gasteiger partial charge in [-0.15, -0.1) is 0 Å². The second-order valence-electron chi connectivity index (χ2n) is 5.05. The number of ether oxygens (including phenoxy) is 1. The van der Waals surface area contributed by atoms with Crippen LogP contribution in [0, 0.1) is 0 Å². The molecule has 22 heavy (non-hydrogen) atoms. The van der Waals surface area contributed by atoms with E-state index in [0.29, 0.717) is 17.0 Å². The van der Waals surface area contributed by atoms with E-state index in [1.807, 2.05) is 42.5 Å². The van der Waals surface area contributed by atoms with E-state index in [4.69, 9.17) is 16.3 Å². The number of halogens is 1. The number of esters is 1. The maximum atomic E-state index is 11.9. The summed E-state index contributed by atoms with van der Waals surface area (Å²) in [5.41, 5.74) is 4.66. The van der Waals surface area contributed by atoms with Gasteiger partial charge < -0.3 is 4.74 Å². The molecular weight excluding hydrogens is 296 g/mol. The fraction of sp³-hybridized carbons (Fsp3) is 0.105. The van der Waals surface area contributed by atoms with Gasteiger partial charge in [-0.2, -0.15) is 0 Å². The van der Waals surface area contributed by atoms with Gasteiger partial charge in [-0.1, -0.05) is 60.1 Å². The number of fused-ring (bicyclic) bond motifs is 1. The highest BCUT2D eigenvalue weighted by molar-refractivity contribution is 6.32. The maximum Gasteiger partial charge on any atom is 0.334 e. The first-order chi connectivity index (χ1) is 10.7. The molecule has 0 aliphatic heterocycles. The minimum atomic E-state index is -0.323. The predicted molar refractivity (Wildman–Crippen MR) is 89.6 cm³/mol. The second kappa shape index (κ2) is 6.20. The van der Waals surface area contributed by atoms with E-state index < -0.39 is 0 Å². The van der Waals surface area contributed by atoms with E-state index in [-0.39, 0.29) is 5.97 Å². The van der Waals surface area contributed by atoms with Crippen LogP contribution in [0.1, 0.15) is 23.1 Å². The van der Waals surface area contributed by atoms with Gasteiger partial charge in [-0.3, -0.25) is 0 Å². The van der Waals surface area contributed by atoms with Crippen LogP contribution in [0.2, 0.25) is 5.02 Å². The first kappa shape index (κ1) is 14.6. The second-order valence-corrected chi connectivity index (χ2v) is 5.46. The van der Waals surface area contributed by atoms with Crippen molar-refractivity contribution in [1.29, 1.82) is 0 Å². The van der Waals surface area contributed by atoms with Crippen LogP contribution < -0.4 is 0 Å². The lowest BCUT2D eigenvalue weighted by atomic mass is 9.94. The zero-order valence-corrected chi connectivity index (χ0v) is 12.9. The molecule has 0 saturated carbocycles. The Bertz CT molecular complexity index is 773. The summed E-state index contributed by atoms with van der Waals surface area (Å²) in [6.07, 6.45) is 4.40. The van der Waals surface area contributed by atoms with E-state index in [1.54, 1.807) is 0 Å². The van der Waals surface area contributed by atoms with Gasteiger partial charge in [-0.05, 0) is 35.3 Å². The van der Waals surface area contributed by atoms with Crippen LogP contribution in [0.25, 0.3) is 11.6 Å². The van der Waals surface area contributed by atoms with Crippen LogP contribution in [0.5, 0.6) is 0 Å². The quantitative estimate of drug-likeness (QED) is 0.749. The molecule has 0 N–H and O–H groups in total. The van der Waals surface area contributed by atoms with Gasteiger partial charge in [-0.25, -0.2) is 4.79 Å². The largest absolute Gasteiger partial charge is 0.466 e. The Kier molecular flexibility index (Phi) is 4.12. The minimum Gasteiger partial charge on any atom is -0.466 e. The van der Waals surface area contributed by atoms with Crippen molar-refractivity contribution in [3.05, 3.63) is 81.9 Å². The highest BCUT2D eigenvalue weighted by atomic mass is 35.5. The van der Waals surface area contributed by atoms with E-state index in [1.165, 1.54) is 7.11 Å². The monoisotopic (exact) mass is 310 g/mol. The average Bonchev–Trinajstić information content (AvgIpc) is 2.76. The third-order valence-electron chi connectivity index (χ3n) is 3.72. The standard InChI is InChI=1S/C19H15ClO2/c1-22-19(21)14-10-11-15(13-6-3-2-4-7-13)16-8-5-9-18(20)17(16)12-14/h2-9,11-12H,10H2,1H3. The third-order valence-corrected chi connectivity index (χ3v) is 4.05. The molecule has 1 aliphatic carbocycles. The van der Waals surface area contributed by atoms with Crippen molar-refractivity contribution in [2.24, 2.45) is 0 Å². The molecule has 2 aromatic carbocycles. The molecule has 0 aromatic heterocycles. The van der Waals surface area contributed by atoms with Crippen molar-refractivity contribution in [2.75, 3.05) is 7.11 Å². The van der Waals surface area contributed by atoms with E-state index >= 15 is 0 Å². The molecule has 1 aliphatic rings. The Morgan fingerprint density at radius 1 is 1.09 bits per heavy atom. The number of rotatable bonds is 2. The fourth-order valence-corrected chi connectivity index (χ4v) is 2.87. The van der Waals surface area contributed by atoms with Gasteiger partial charge in [0.25, 0.3) is 0 Å². The summed E-state index contributed by atoms with van der Waals surface area (Å²) in [5.74, 6) is -0.323. The molecule has 2 nitrogen and oxygen atoms in total. The number of methoxy groups -OCH3 is 1. The number of hydrogen-bond donors (Lipinski definition) is 0. The van der Waals surface area contributed by atoms with Crippen LogP contribution in [-0.4, -0.2) is 13.1 Å². The Hall–Kier alpha value is -2.32. The minimum absolute atomic E-state index is 0.323. The summed E-state index contributed by atoms with van der Waals surface area (Å²) in [4.78, 5) is 11.9. The summed E-state index contributed by atoms with van der Waals surface area (Å²) in [6, 6.07) is 15.9. The molecular formula is C19H15ClO2. The molecule has 3 heteroatoms. The normalized spacial score (nSPS) is 13.5. The maximum absolute atomic E-state index is 11.9. The smallest absolute Gasteiger partial charge is 0.334 e. The molecule has 0 amide bonds. The average molecular weight is 311 g/mol. The molecule has 0 bridgehead atoms. The van der Waals surface area contributed by atoms with Gasteiger partial charge in [0.05, 0.1) is 7.11 Å². The SMILES string of the molecule is COC(=O)C1=Cc2c(Cl)cccc2C(c2ccccc2)=CC1. The number of hydrogen-bond acceptors (Lipinski definition) is 2. The number of carbonyl (C=O) groups is 1. The number of allylic oxidation sites excluding steroid dienone is 1. The van der Waals surface area contributed by atoms with Crippen LogP contribution >= 0.6 is 11.6 Å². The van der Waals surface area contributed by atoms with Crippen molar-refractivity contribution in [2.45, 2.75) is 6.42 Å². The molecule has 0 saturated heterocycles. The lowest BCUT2D eigenvalue weighted by molar-refractivity contribution is -0.136. The lowest BCUT2D eigenvalue weighted by Gasteiger charge is -2.11. The van der Waals surface area contributed by atoms with Crippen molar-refractivity contribution in [1.82, 2.24) is 0 Å². The highest BCUT2D eigenvalue weighted by Gasteiger charge is 2.18. The topological polar surface area (TPSA) is 26.3 Å². The predicted octanol–water partition coefficient (Wildman–Crippen LogP) is 4.73. The summed E-state index contributed by atoms with van der Waals surface area (Å²) in [6.45, 7) is 0. The Morgan fingerprint density at radius 3 is 2.59 bits per heavy atom. The fourth-order valence-electron chi connectivity index (χ4n) is 2.64. The van der Waals surface area contributed by atoms with Gasteiger partial charge in [0.1, 0.15) is 0 Å². The summed E-state index contributed by atoms with van der Waals surface area (Å²) < 4.78 is 4.86. The molecule has 2 aromatic rings. The van der Waals surface area contributed by atoms with Gasteiger partial charge in [0.15, 0.2) is 0 Å². The molecule has 0 spiro atoms. The summed E-state index contributed by atoms with van der Waals surface area (Å²) in [7, 11) is 1.39. The molecule has 110 valence electrons. The van der Waals surface area contributed by atoms with Crippen molar-refractivity contribution in [3.63, 3.8) is 0 Å². The Labute approximate surface area is 134 Å². The van der Waals surface area contributed by atoms with Crippen LogP contribution in [0.3, 0.4) is 0 Å². The first-order valence-electron chi connectivity index (χ1n) is 7.04. The number of benzene rings is 2. The third kappa shape index (κ3) is 2.70. The number of carbonyl (C=O) groups excluding carboxylic acids is 1. The molecule has 0 heterocycles. The van der Waals surface area contributed by atoms with Crippen LogP contribution in [-0.2, 0) is 9.53 Å². The summed E-state index contributed by atoms with van der Waals surface area (Å²) in [5, 5.41) is 0.627. The first-order valence-corrected chi connectivity index (χ1v) is 7.42. The van der Waals surface area contributed by atoms with E-state index in [9.17, 15) is 4.79 Å². The van der Waals surface area contributed by atoms with E-state index in [0.717, 1.165) is 22.3 Å². The molecule has 0 fully saturated rings. The highest BCUT2D eigenvalue weighted by Crippen LogP contribution is 2.35. The van der Waals surface area contributed by atoms with Gasteiger partial charge in [0.2, 0.25) is 0 Å². The summed E-state index contributed by atoms with van der Waals surface area (Å²) >= 11 is 6.36. The Balaban J connectivity index is 2.20. The van der Waals surface area contributed by atoms with Crippen LogP contribution in [0.15, 0.2) is 60.2 Å². The lowest BCUT2D eigenvalue weighted by Crippen LogP contribution is -2.03. The molecule has 3 rings (SSSR count). The molecule has 0 radical (unpaired) electrons. The van der Waals surface area contributed by atoms with Crippen molar-refractivity contribution in [3.8, 4) is 0 Å². The zero-order chi connectivity index (χ0) is 15.5. The zero-order valence-electron chi connectivity index (χ0n) is 12.2. The molecule has 0 unspecified atom stereocenters. The van der Waals surface area contributed by atoms with Crippen molar-refractivity contribution < 1.29 is 9.53 Å². The van der Waals surface area contributed by atoms with Crippen LogP contribution in [0.4, 0.5) is 0 Å². The van der Waals surface area contributed by atoms with E-state index in [2.05, 4.69) is 18.2 Å².